The lowest BCUT2D eigenvalue weighted by Crippen LogP contribution is -2.48. The lowest BCUT2D eigenvalue weighted by Gasteiger charge is -2.35. The lowest BCUT2D eigenvalue weighted by molar-refractivity contribution is -0.137. The number of pyridine rings is 2. The van der Waals surface area contributed by atoms with Gasteiger partial charge in [0.1, 0.15) is 24.6 Å². The van der Waals surface area contributed by atoms with Crippen molar-refractivity contribution in [2.24, 2.45) is 0 Å². The van der Waals surface area contributed by atoms with Crippen LogP contribution in [0.5, 0.6) is 17.2 Å². The molecular formula is C25H28N4O5. The molecule has 178 valence electrons. The fraction of sp³-hybridized carbons (Fsp3) is 0.400. The van der Waals surface area contributed by atoms with Crippen molar-refractivity contribution in [3.63, 3.8) is 0 Å². The molecule has 9 heteroatoms. The number of nitrogens with zero attached hydrogens (tertiary/aromatic N) is 2. The Labute approximate surface area is 197 Å². The van der Waals surface area contributed by atoms with Crippen molar-refractivity contribution in [3.8, 4) is 17.2 Å². The first kappa shape index (κ1) is 22.4. The van der Waals surface area contributed by atoms with E-state index in [2.05, 4.69) is 20.6 Å². The predicted molar refractivity (Wildman–Crippen MR) is 126 cm³/mol. The third-order valence-corrected chi connectivity index (χ3v) is 6.49. The van der Waals surface area contributed by atoms with Gasteiger partial charge in [0.2, 0.25) is 0 Å². The zero-order valence-electron chi connectivity index (χ0n) is 19.0. The van der Waals surface area contributed by atoms with Crippen molar-refractivity contribution in [1.82, 2.24) is 15.3 Å². The summed E-state index contributed by atoms with van der Waals surface area (Å²) in [4.78, 5) is 21.8. The molecule has 1 aliphatic carbocycles. The number of methoxy groups -OCH3 is 1. The summed E-state index contributed by atoms with van der Waals surface area (Å²) in [5.41, 5.74) is 0.795. The van der Waals surface area contributed by atoms with E-state index in [-0.39, 0.29) is 6.04 Å². The van der Waals surface area contributed by atoms with Crippen LogP contribution < -0.4 is 24.8 Å². The highest BCUT2D eigenvalue weighted by molar-refractivity contribution is 6.04. The van der Waals surface area contributed by atoms with Crippen LogP contribution in [0.15, 0.2) is 42.7 Å². The molecule has 9 nitrogen and oxygen atoms in total. The Balaban J connectivity index is 1.18. The molecule has 3 aromatic rings. The molecule has 1 amide bonds. The third kappa shape index (κ3) is 4.62. The van der Waals surface area contributed by atoms with Crippen LogP contribution in [0.25, 0.3) is 10.9 Å². The van der Waals surface area contributed by atoms with Crippen molar-refractivity contribution in [3.05, 3.63) is 48.4 Å². The van der Waals surface area contributed by atoms with Gasteiger partial charge in [-0.15, -0.1) is 0 Å². The van der Waals surface area contributed by atoms with Crippen LogP contribution in [0.4, 0.5) is 5.69 Å². The van der Waals surface area contributed by atoms with Crippen molar-refractivity contribution < 1.29 is 24.1 Å². The van der Waals surface area contributed by atoms with Crippen molar-refractivity contribution in [1.29, 1.82) is 0 Å². The fourth-order valence-corrected chi connectivity index (χ4v) is 4.46. The van der Waals surface area contributed by atoms with Crippen LogP contribution in [-0.2, 0) is 11.3 Å². The van der Waals surface area contributed by atoms with Crippen LogP contribution in [0.3, 0.4) is 0 Å². The number of anilines is 1. The van der Waals surface area contributed by atoms with E-state index in [9.17, 15) is 9.90 Å². The maximum Gasteiger partial charge on any atom is 0.256 e. The van der Waals surface area contributed by atoms with Gasteiger partial charge >= 0.3 is 0 Å². The van der Waals surface area contributed by atoms with Gasteiger partial charge in [0.15, 0.2) is 11.5 Å². The number of amides is 1. The zero-order valence-corrected chi connectivity index (χ0v) is 19.0. The highest BCUT2D eigenvalue weighted by Gasteiger charge is 2.40. The molecular weight excluding hydrogens is 436 g/mol. The molecule has 2 aromatic heterocycles. The Bertz CT molecular complexity index is 1190. The summed E-state index contributed by atoms with van der Waals surface area (Å²) in [5, 5.41) is 18.2. The second-order valence-electron chi connectivity index (χ2n) is 8.70. The second kappa shape index (κ2) is 9.44. The van der Waals surface area contributed by atoms with Crippen molar-refractivity contribution >= 4 is 22.5 Å². The number of aliphatic hydroxyl groups is 1. The number of benzene rings is 1. The van der Waals surface area contributed by atoms with E-state index in [0.29, 0.717) is 68.4 Å². The normalized spacial score (nSPS) is 21.8. The van der Waals surface area contributed by atoms with Gasteiger partial charge in [0.25, 0.3) is 5.91 Å². The second-order valence-corrected chi connectivity index (χ2v) is 8.70. The molecule has 1 saturated carbocycles. The molecule has 0 radical (unpaired) electrons. The quantitative estimate of drug-likeness (QED) is 0.510. The molecule has 1 aromatic carbocycles. The maximum atomic E-state index is 13.0. The van der Waals surface area contributed by atoms with Crippen LogP contribution in [0, 0.1) is 0 Å². The SMILES string of the molecule is COc1ccc2nccc(NC(=O)C3(O)CCC(NCc4cc5c(cn4)OCCO5)CC3)c2c1. The number of fused-ring (bicyclic) bond motifs is 2. The highest BCUT2D eigenvalue weighted by Crippen LogP contribution is 2.33. The van der Waals surface area contributed by atoms with Crippen LogP contribution in [0.2, 0.25) is 0 Å². The first-order valence-corrected chi connectivity index (χ1v) is 11.5. The number of ether oxygens (including phenoxy) is 3. The van der Waals surface area contributed by atoms with Crippen LogP contribution in [0.1, 0.15) is 31.4 Å². The number of hydrogen-bond acceptors (Lipinski definition) is 8. The summed E-state index contributed by atoms with van der Waals surface area (Å²) in [6, 6.07) is 9.30. The largest absolute Gasteiger partial charge is 0.497 e. The molecule has 0 unspecified atom stereocenters. The summed E-state index contributed by atoms with van der Waals surface area (Å²) in [6.45, 7) is 1.66. The lowest BCUT2D eigenvalue weighted by atomic mass is 9.81. The number of rotatable bonds is 6. The van der Waals surface area contributed by atoms with E-state index in [4.69, 9.17) is 14.2 Å². The standard InChI is InChI=1S/C25H28N4O5/c1-32-18-2-3-20-19(13-18)21(6-9-26-20)29-24(30)25(31)7-4-16(5-8-25)27-14-17-12-22-23(15-28-17)34-11-10-33-22/h2-3,6,9,12-13,15-16,27,31H,4-5,7-8,10-11,14H2,1H3,(H,26,29,30). The van der Waals surface area contributed by atoms with Gasteiger partial charge in [-0.1, -0.05) is 0 Å². The van der Waals surface area contributed by atoms with E-state index in [1.165, 1.54) is 0 Å². The molecule has 5 rings (SSSR count). The van der Waals surface area contributed by atoms with Crippen LogP contribution >= 0.6 is 0 Å². The van der Waals surface area contributed by atoms with Gasteiger partial charge < -0.3 is 30.0 Å². The van der Waals surface area contributed by atoms with E-state index in [0.717, 1.165) is 16.6 Å². The molecule has 3 heterocycles. The Kier molecular flexibility index (Phi) is 6.21. The summed E-state index contributed by atoms with van der Waals surface area (Å²) < 4.78 is 16.4. The average molecular weight is 465 g/mol. The topological polar surface area (TPSA) is 115 Å². The molecule has 1 fully saturated rings. The molecule has 0 atom stereocenters. The Morgan fingerprint density at radius 1 is 1.15 bits per heavy atom. The molecule has 3 N–H and O–H groups in total. The van der Waals surface area contributed by atoms with E-state index >= 15 is 0 Å². The zero-order chi connectivity index (χ0) is 23.5. The molecule has 0 bridgehead atoms. The number of aromatic nitrogens is 2. The van der Waals surface area contributed by atoms with Gasteiger partial charge in [-0.2, -0.15) is 0 Å². The molecule has 1 aliphatic heterocycles. The number of nitrogens with one attached hydrogen (secondary N) is 2. The minimum absolute atomic E-state index is 0.189. The predicted octanol–water partition coefficient (Wildman–Crippen LogP) is 2.81. The summed E-state index contributed by atoms with van der Waals surface area (Å²) in [6.07, 6.45) is 5.43. The molecule has 0 spiro atoms. The summed E-state index contributed by atoms with van der Waals surface area (Å²) >= 11 is 0. The molecule has 2 aliphatic rings. The number of carbonyl (C=O) groups excluding carboxylic acids is 1. The van der Waals surface area contributed by atoms with Gasteiger partial charge in [0.05, 0.1) is 30.2 Å². The first-order valence-electron chi connectivity index (χ1n) is 11.5. The van der Waals surface area contributed by atoms with Gasteiger partial charge in [-0.25, -0.2) is 0 Å². The Hall–Kier alpha value is -3.43. The van der Waals surface area contributed by atoms with Gasteiger partial charge in [-0.3, -0.25) is 14.8 Å². The minimum Gasteiger partial charge on any atom is -0.497 e. The Morgan fingerprint density at radius 3 is 2.74 bits per heavy atom. The maximum absolute atomic E-state index is 13.0. The smallest absolute Gasteiger partial charge is 0.256 e. The highest BCUT2D eigenvalue weighted by atomic mass is 16.6. The summed E-state index contributed by atoms with van der Waals surface area (Å²) in [5.74, 6) is 1.67. The van der Waals surface area contributed by atoms with E-state index in [1.807, 2.05) is 24.3 Å². The monoisotopic (exact) mass is 464 g/mol. The Morgan fingerprint density at radius 2 is 1.94 bits per heavy atom. The first-order chi connectivity index (χ1) is 16.5. The van der Waals surface area contributed by atoms with Crippen LogP contribution in [-0.4, -0.2) is 52.9 Å². The van der Waals surface area contributed by atoms with E-state index < -0.39 is 11.5 Å². The third-order valence-electron chi connectivity index (χ3n) is 6.49. The fourth-order valence-electron chi connectivity index (χ4n) is 4.46. The number of carbonyl (C=O) groups is 1. The minimum atomic E-state index is -1.41. The molecule has 0 saturated heterocycles. The average Bonchev–Trinajstić information content (AvgIpc) is 2.88. The van der Waals surface area contributed by atoms with Crippen molar-refractivity contribution in [2.75, 3.05) is 25.6 Å². The van der Waals surface area contributed by atoms with Gasteiger partial charge in [-0.05, 0) is 49.9 Å². The molecule has 34 heavy (non-hydrogen) atoms. The van der Waals surface area contributed by atoms with E-state index in [1.54, 1.807) is 25.6 Å². The number of hydrogen-bond donors (Lipinski definition) is 3. The summed E-state index contributed by atoms with van der Waals surface area (Å²) in [7, 11) is 1.59. The van der Waals surface area contributed by atoms with Crippen molar-refractivity contribution in [2.45, 2.75) is 43.9 Å². The van der Waals surface area contributed by atoms with Gasteiger partial charge in [0, 0.05) is 30.2 Å².